The monoisotopic (exact) mass is 404 g/mol. The number of carboxylic acids is 2. The molecule has 1 aromatic rings. The van der Waals surface area contributed by atoms with E-state index >= 15 is 0 Å². The predicted molar refractivity (Wildman–Crippen MR) is 114 cm³/mol. The van der Waals surface area contributed by atoms with Crippen LogP contribution in [0.25, 0.3) is 0 Å². The first-order valence-corrected chi connectivity index (χ1v) is 10.7. The molecule has 3 rings (SSSR count). The second kappa shape index (κ2) is 9.72. The normalized spacial score (nSPS) is 20.4. The van der Waals surface area contributed by atoms with E-state index in [-0.39, 0.29) is 11.1 Å². The standard InChI is InChI=1S/C15H30N2.C8H6O4/c1-14(2)10-8-13(9-11-14)15(16,17)12-6-4-3-5-7-12;9-7(10)5-1-2-6(4-3-5)8(11)12/h12-13H,3-11,16-17H2,1-2H3;1-4H,(H,9,10)(H,11,12). The zero-order valence-electron chi connectivity index (χ0n) is 17.7. The Kier molecular flexibility index (Phi) is 7.83. The zero-order valence-corrected chi connectivity index (χ0v) is 17.7. The number of hydrogen-bond donors (Lipinski definition) is 4. The summed E-state index contributed by atoms with van der Waals surface area (Å²) in [6.45, 7) is 4.75. The molecule has 2 aliphatic rings. The molecule has 6 nitrogen and oxygen atoms in total. The molecule has 6 N–H and O–H groups in total. The number of rotatable bonds is 4. The fourth-order valence-corrected chi connectivity index (χ4v) is 4.59. The van der Waals surface area contributed by atoms with Crippen LogP contribution < -0.4 is 11.5 Å². The van der Waals surface area contributed by atoms with Crippen LogP contribution in [0, 0.1) is 17.3 Å². The molecule has 0 radical (unpaired) electrons. The second-order valence-electron chi connectivity index (χ2n) is 9.46. The van der Waals surface area contributed by atoms with Gasteiger partial charge in [0.15, 0.2) is 0 Å². The molecular weight excluding hydrogens is 368 g/mol. The molecule has 2 saturated carbocycles. The molecule has 0 spiro atoms. The smallest absolute Gasteiger partial charge is 0.335 e. The largest absolute Gasteiger partial charge is 0.478 e. The summed E-state index contributed by atoms with van der Waals surface area (Å²) in [5, 5.41) is 16.9. The van der Waals surface area contributed by atoms with Crippen LogP contribution in [-0.2, 0) is 0 Å². The number of nitrogens with two attached hydrogens (primary N) is 2. The predicted octanol–water partition coefficient (Wildman–Crippen LogP) is 4.48. The van der Waals surface area contributed by atoms with Gasteiger partial charge in [-0.3, -0.25) is 0 Å². The van der Waals surface area contributed by atoms with Crippen molar-refractivity contribution in [2.75, 3.05) is 0 Å². The lowest BCUT2D eigenvalue weighted by Gasteiger charge is -2.46. The van der Waals surface area contributed by atoms with Crippen molar-refractivity contribution in [3.8, 4) is 0 Å². The third-order valence-corrected chi connectivity index (χ3v) is 6.74. The van der Waals surface area contributed by atoms with Crippen molar-refractivity contribution in [2.24, 2.45) is 28.7 Å². The lowest BCUT2D eigenvalue weighted by atomic mass is 9.65. The number of aromatic carboxylic acids is 2. The van der Waals surface area contributed by atoms with Crippen LogP contribution in [-0.4, -0.2) is 27.8 Å². The maximum atomic E-state index is 10.3. The van der Waals surface area contributed by atoms with Gasteiger partial charge in [-0.15, -0.1) is 0 Å². The maximum Gasteiger partial charge on any atom is 0.335 e. The van der Waals surface area contributed by atoms with Gasteiger partial charge in [-0.1, -0.05) is 33.1 Å². The zero-order chi connectivity index (χ0) is 21.7. The number of carbonyl (C=O) groups is 2. The van der Waals surface area contributed by atoms with Gasteiger partial charge in [-0.2, -0.15) is 0 Å². The van der Waals surface area contributed by atoms with E-state index < -0.39 is 17.6 Å². The van der Waals surface area contributed by atoms with Crippen molar-refractivity contribution in [3.05, 3.63) is 35.4 Å². The highest BCUT2D eigenvalue weighted by molar-refractivity contribution is 5.91. The van der Waals surface area contributed by atoms with Crippen molar-refractivity contribution < 1.29 is 19.8 Å². The maximum absolute atomic E-state index is 10.3. The third-order valence-electron chi connectivity index (χ3n) is 6.74. The first-order valence-electron chi connectivity index (χ1n) is 10.7. The van der Waals surface area contributed by atoms with E-state index in [1.165, 1.54) is 82.1 Å². The minimum Gasteiger partial charge on any atom is -0.478 e. The van der Waals surface area contributed by atoms with E-state index in [0.29, 0.717) is 17.3 Å². The molecule has 1 aromatic carbocycles. The highest BCUT2D eigenvalue weighted by Crippen LogP contribution is 2.44. The van der Waals surface area contributed by atoms with Gasteiger partial charge in [-0.25, -0.2) is 9.59 Å². The van der Waals surface area contributed by atoms with Crippen LogP contribution in [0.3, 0.4) is 0 Å². The van der Waals surface area contributed by atoms with Crippen molar-refractivity contribution in [3.63, 3.8) is 0 Å². The second-order valence-corrected chi connectivity index (χ2v) is 9.46. The van der Waals surface area contributed by atoms with Crippen LogP contribution in [0.5, 0.6) is 0 Å². The fourth-order valence-electron chi connectivity index (χ4n) is 4.59. The van der Waals surface area contributed by atoms with E-state index in [4.69, 9.17) is 21.7 Å². The average molecular weight is 405 g/mol. The summed E-state index contributed by atoms with van der Waals surface area (Å²) >= 11 is 0. The first kappa shape index (κ1) is 23.4. The van der Waals surface area contributed by atoms with Gasteiger partial charge in [0.2, 0.25) is 0 Å². The van der Waals surface area contributed by atoms with Gasteiger partial charge in [-0.05, 0) is 80.0 Å². The minimum absolute atomic E-state index is 0.0833. The molecule has 0 aliphatic heterocycles. The Hall–Kier alpha value is -1.92. The number of hydrogen-bond acceptors (Lipinski definition) is 4. The molecule has 0 atom stereocenters. The molecule has 0 aromatic heterocycles. The van der Waals surface area contributed by atoms with Crippen LogP contribution >= 0.6 is 0 Å². The Labute approximate surface area is 173 Å². The summed E-state index contributed by atoms with van der Waals surface area (Å²) in [4.78, 5) is 20.7. The summed E-state index contributed by atoms with van der Waals surface area (Å²) in [5.41, 5.74) is 13.4. The Morgan fingerprint density at radius 3 is 1.59 bits per heavy atom. The van der Waals surface area contributed by atoms with Gasteiger partial charge in [0.25, 0.3) is 0 Å². The van der Waals surface area contributed by atoms with Gasteiger partial charge in [0, 0.05) is 0 Å². The molecule has 0 saturated heterocycles. The van der Waals surface area contributed by atoms with Crippen molar-refractivity contribution in [1.82, 2.24) is 0 Å². The molecule has 2 aliphatic carbocycles. The van der Waals surface area contributed by atoms with Crippen LogP contribution in [0.1, 0.15) is 92.4 Å². The molecular formula is C23H36N2O4. The van der Waals surface area contributed by atoms with Gasteiger partial charge in [0.1, 0.15) is 0 Å². The Bertz CT molecular complexity index is 648. The first-order chi connectivity index (χ1) is 13.5. The van der Waals surface area contributed by atoms with E-state index in [0.717, 1.165) is 0 Å². The Balaban J connectivity index is 0.000000221. The lowest BCUT2D eigenvalue weighted by Crippen LogP contribution is -2.62. The third kappa shape index (κ3) is 6.54. The molecule has 0 unspecified atom stereocenters. The summed E-state index contributed by atoms with van der Waals surface area (Å²) in [6, 6.07) is 5.02. The van der Waals surface area contributed by atoms with Gasteiger partial charge in [0.05, 0.1) is 16.8 Å². The summed E-state index contributed by atoms with van der Waals surface area (Å²) in [7, 11) is 0. The molecule has 29 heavy (non-hydrogen) atoms. The minimum atomic E-state index is -1.06. The summed E-state index contributed by atoms with van der Waals surface area (Å²) < 4.78 is 0. The van der Waals surface area contributed by atoms with Crippen molar-refractivity contribution in [1.29, 1.82) is 0 Å². The average Bonchev–Trinajstić information content (AvgIpc) is 2.69. The highest BCUT2D eigenvalue weighted by atomic mass is 16.4. The van der Waals surface area contributed by atoms with E-state index in [1.54, 1.807) is 0 Å². The SMILES string of the molecule is CC1(C)CCC(C(N)(N)C2CCCCC2)CC1.O=C(O)c1ccc(C(=O)O)cc1. The van der Waals surface area contributed by atoms with Crippen LogP contribution in [0.15, 0.2) is 24.3 Å². The summed E-state index contributed by atoms with van der Waals surface area (Å²) in [6.07, 6.45) is 11.6. The fraction of sp³-hybridized carbons (Fsp3) is 0.652. The van der Waals surface area contributed by atoms with Crippen LogP contribution in [0.4, 0.5) is 0 Å². The van der Waals surface area contributed by atoms with Crippen molar-refractivity contribution >= 4 is 11.9 Å². The molecule has 2 fully saturated rings. The Morgan fingerprint density at radius 2 is 1.21 bits per heavy atom. The van der Waals surface area contributed by atoms with Gasteiger partial charge >= 0.3 is 11.9 Å². The van der Waals surface area contributed by atoms with E-state index in [2.05, 4.69) is 13.8 Å². The topological polar surface area (TPSA) is 127 Å². The number of benzene rings is 1. The quantitative estimate of drug-likeness (QED) is 0.548. The highest BCUT2D eigenvalue weighted by Gasteiger charge is 2.41. The van der Waals surface area contributed by atoms with Gasteiger partial charge < -0.3 is 21.7 Å². The van der Waals surface area contributed by atoms with Crippen molar-refractivity contribution in [2.45, 2.75) is 77.3 Å². The molecule has 0 bridgehead atoms. The molecule has 6 heteroatoms. The lowest BCUT2D eigenvalue weighted by molar-refractivity contribution is 0.0681. The van der Waals surface area contributed by atoms with E-state index in [9.17, 15) is 9.59 Å². The Morgan fingerprint density at radius 1 is 0.828 bits per heavy atom. The number of carboxylic acid groups (broad SMARTS) is 2. The van der Waals surface area contributed by atoms with Crippen LogP contribution in [0.2, 0.25) is 0 Å². The molecule has 0 amide bonds. The molecule has 0 heterocycles. The van der Waals surface area contributed by atoms with E-state index in [1.807, 2.05) is 0 Å². The molecule has 162 valence electrons. The summed E-state index contributed by atoms with van der Waals surface area (Å²) in [5.74, 6) is -1.00.